The van der Waals surface area contributed by atoms with Gasteiger partial charge in [-0.1, -0.05) is 36.4 Å². The normalized spacial score (nSPS) is 10.7. The van der Waals surface area contributed by atoms with Crippen molar-refractivity contribution in [3.8, 4) is 5.75 Å². The second-order valence-electron chi connectivity index (χ2n) is 5.51. The molecule has 3 aromatic rings. The summed E-state index contributed by atoms with van der Waals surface area (Å²) in [6.07, 6.45) is 0. The number of hydrogen-bond acceptors (Lipinski definition) is 2. The number of carbonyl (C=O) groups excluding carboxylic acids is 1. The molecule has 0 saturated heterocycles. The van der Waals surface area contributed by atoms with E-state index in [4.69, 9.17) is 0 Å². The highest BCUT2D eigenvalue weighted by atomic mass is 19.1. The molecule has 3 nitrogen and oxygen atoms in total. The van der Waals surface area contributed by atoms with E-state index in [-0.39, 0.29) is 29.6 Å². The molecule has 0 bridgehead atoms. The van der Waals surface area contributed by atoms with Gasteiger partial charge in [0.1, 0.15) is 11.6 Å². The molecular formula is C19H16FNO2. The summed E-state index contributed by atoms with van der Waals surface area (Å²) in [4.78, 5) is 14.0. The van der Waals surface area contributed by atoms with E-state index < -0.39 is 0 Å². The zero-order chi connectivity index (χ0) is 16.4. The Morgan fingerprint density at radius 3 is 2.43 bits per heavy atom. The molecule has 3 aromatic carbocycles. The number of hydrogen-bond donors (Lipinski definition) is 1. The lowest BCUT2D eigenvalue weighted by atomic mass is 10.0. The first-order valence-electron chi connectivity index (χ1n) is 7.26. The topological polar surface area (TPSA) is 40.5 Å². The fraction of sp³-hybridized carbons (Fsp3) is 0.105. The molecule has 0 saturated carbocycles. The Balaban J connectivity index is 1.88. The first-order chi connectivity index (χ1) is 11.0. The maximum Gasteiger partial charge on any atom is 0.257 e. The molecule has 116 valence electrons. The van der Waals surface area contributed by atoms with Crippen LogP contribution in [-0.4, -0.2) is 23.0 Å². The maximum atomic E-state index is 13.2. The fourth-order valence-electron chi connectivity index (χ4n) is 2.59. The number of carbonyl (C=O) groups is 1. The quantitative estimate of drug-likeness (QED) is 0.795. The second kappa shape index (κ2) is 6.08. The van der Waals surface area contributed by atoms with Crippen molar-refractivity contribution in [3.05, 3.63) is 77.6 Å². The third kappa shape index (κ3) is 3.16. The summed E-state index contributed by atoms with van der Waals surface area (Å²) in [5.41, 5.74) is 0.934. The number of aromatic hydroxyl groups is 1. The highest BCUT2D eigenvalue weighted by molar-refractivity contribution is 6.01. The van der Waals surface area contributed by atoms with E-state index in [0.717, 1.165) is 10.8 Å². The number of nitrogens with zero attached hydrogens (tertiary/aromatic N) is 1. The van der Waals surface area contributed by atoms with E-state index >= 15 is 0 Å². The Hall–Kier alpha value is -2.88. The van der Waals surface area contributed by atoms with Gasteiger partial charge in [-0.15, -0.1) is 0 Å². The number of phenols is 1. The highest BCUT2D eigenvalue weighted by Crippen LogP contribution is 2.26. The number of benzene rings is 3. The Morgan fingerprint density at radius 1 is 1.04 bits per heavy atom. The van der Waals surface area contributed by atoms with Gasteiger partial charge < -0.3 is 10.0 Å². The van der Waals surface area contributed by atoms with Crippen LogP contribution in [0.15, 0.2) is 60.7 Å². The Morgan fingerprint density at radius 2 is 1.74 bits per heavy atom. The van der Waals surface area contributed by atoms with Gasteiger partial charge in [-0.2, -0.15) is 0 Å². The third-order valence-electron chi connectivity index (χ3n) is 3.75. The molecule has 0 spiro atoms. The summed E-state index contributed by atoms with van der Waals surface area (Å²) < 4.78 is 13.2. The summed E-state index contributed by atoms with van der Waals surface area (Å²) in [6, 6.07) is 16.9. The molecule has 0 heterocycles. The molecule has 0 unspecified atom stereocenters. The van der Waals surface area contributed by atoms with Crippen LogP contribution in [0.4, 0.5) is 4.39 Å². The summed E-state index contributed by atoms with van der Waals surface area (Å²) in [5, 5.41) is 11.9. The lowest BCUT2D eigenvalue weighted by Gasteiger charge is -2.18. The Labute approximate surface area is 133 Å². The fourth-order valence-corrected chi connectivity index (χ4v) is 2.59. The third-order valence-corrected chi connectivity index (χ3v) is 3.75. The van der Waals surface area contributed by atoms with Crippen LogP contribution in [0.3, 0.4) is 0 Å². The van der Waals surface area contributed by atoms with Crippen molar-refractivity contribution < 1.29 is 14.3 Å². The van der Waals surface area contributed by atoms with Crippen molar-refractivity contribution in [3.63, 3.8) is 0 Å². The van der Waals surface area contributed by atoms with Gasteiger partial charge >= 0.3 is 0 Å². The molecule has 0 aliphatic heterocycles. The van der Waals surface area contributed by atoms with Gasteiger partial charge in [0.2, 0.25) is 0 Å². The van der Waals surface area contributed by atoms with Crippen LogP contribution in [0.25, 0.3) is 10.8 Å². The van der Waals surface area contributed by atoms with E-state index in [2.05, 4.69) is 0 Å². The van der Waals surface area contributed by atoms with E-state index in [1.165, 1.54) is 17.0 Å². The average Bonchev–Trinajstić information content (AvgIpc) is 2.53. The minimum Gasteiger partial charge on any atom is -0.507 e. The van der Waals surface area contributed by atoms with E-state index in [9.17, 15) is 14.3 Å². The van der Waals surface area contributed by atoms with Crippen LogP contribution < -0.4 is 0 Å². The van der Waals surface area contributed by atoms with E-state index in [1.54, 1.807) is 31.3 Å². The molecule has 0 aliphatic carbocycles. The van der Waals surface area contributed by atoms with Crippen molar-refractivity contribution in [2.24, 2.45) is 0 Å². The number of amides is 1. The van der Waals surface area contributed by atoms with Crippen LogP contribution in [0.5, 0.6) is 5.75 Å². The minimum absolute atomic E-state index is 0.0557. The molecule has 0 fully saturated rings. The Bertz CT molecular complexity index is 876. The standard InChI is InChI=1S/C19H16FNO2/c1-21(12-13-5-4-8-16(20)9-13)19(23)17-10-14-6-2-3-7-15(14)11-18(17)22/h2-11,22H,12H2,1H3. The van der Waals surface area contributed by atoms with Gasteiger partial charge in [0, 0.05) is 13.6 Å². The van der Waals surface area contributed by atoms with Crippen LogP contribution in [0.1, 0.15) is 15.9 Å². The van der Waals surface area contributed by atoms with Gasteiger partial charge in [0.05, 0.1) is 5.56 Å². The summed E-state index contributed by atoms with van der Waals surface area (Å²) in [5.74, 6) is -0.700. The molecule has 0 radical (unpaired) electrons. The van der Waals surface area contributed by atoms with E-state index in [0.29, 0.717) is 5.56 Å². The summed E-state index contributed by atoms with van der Waals surface area (Å²) >= 11 is 0. The second-order valence-corrected chi connectivity index (χ2v) is 5.51. The predicted octanol–water partition coefficient (Wildman–Crippen LogP) is 3.96. The van der Waals surface area contributed by atoms with Crippen molar-refractivity contribution in [1.82, 2.24) is 4.90 Å². The number of halogens is 1. The predicted molar refractivity (Wildman–Crippen MR) is 87.8 cm³/mol. The van der Waals surface area contributed by atoms with Crippen molar-refractivity contribution in [2.75, 3.05) is 7.05 Å². The lowest BCUT2D eigenvalue weighted by Crippen LogP contribution is -2.26. The van der Waals surface area contributed by atoms with Gasteiger partial charge in [-0.25, -0.2) is 4.39 Å². The van der Waals surface area contributed by atoms with Crippen LogP contribution in [0, 0.1) is 5.82 Å². The number of rotatable bonds is 3. The zero-order valence-corrected chi connectivity index (χ0v) is 12.7. The summed E-state index contributed by atoms with van der Waals surface area (Å²) in [7, 11) is 1.63. The SMILES string of the molecule is CN(Cc1cccc(F)c1)C(=O)c1cc2ccccc2cc1O. The zero-order valence-electron chi connectivity index (χ0n) is 12.7. The maximum absolute atomic E-state index is 13.2. The largest absolute Gasteiger partial charge is 0.507 e. The van der Waals surface area contributed by atoms with Gasteiger partial charge in [0.25, 0.3) is 5.91 Å². The van der Waals surface area contributed by atoms with Gasteiger partial charge in [-0.3, -0.25) is 4.79 Å². The molecule has 0 atom stereocenters. The van der Waals surface area contributed by atoms with Crippen molar-refractivity contribution in [1.29, 1.82) is 0 Å². The smallest absolute Gasteiger partial charge is 0.257 e. The molecular weight excluding hydrogens is 293 g/mol. The van der Waals surface area contributed by atoms with Crippen molar-refractivity contribution >= 4 is 16.7 Å². The molecule has 1 amide bonds. The average molecular weight is 309 g/mol. The molecule has 23 heavy (non-hydrogen) atoms. The Kier molecular flexibility index (Phi) is 3.98. The summed E-state index contributed by atoms with van der Waals surface area (Å²) in [6.45, 7) is 0.267. The van der Waals surface area contributed by atoms with Crippen LogP contribution in [0.2, 0.25) is 0 Å². The first kappa shape index (κ1) is 15.0. The van der Waals surface area contributed by atoms with E-state index in [1.807, 2.05) is 24.3 Å². The monoisotopic (exact) mass is 309 g/mol. The molecule has 3 rings (SSSR count). The van der Waals surface area contributed by atoms with Crippen molar-refractivity contribution in [2.45, 2.75) is 6.54 Å². The molecule has 0 aromatic heterocycles. The lowest BCUT2D eigenvalue weighted by molar-refractivity contribution is 0.0782. The molecule has 4 heteroatoms. The number of phenolic OH excluding ortho intramolecular Hbond substituents is 1. The number of fused-ring (bicyclic) bond motifs is 1. The first-order valence-corrected chi connectivity index (χ1v) is 7.26. The molecule has 0 aliphatic rings. The molecule has 1 N–H and O–H groups in total. The van der Waals surface area contributed by atoms with Crippen LogP contribution >= 0.6 is 0 Å². The van der Waals surface area contributed by atoms with Crippen LogP contribution in [-0.2, 0) is 6.54 Å². The highest BCUT2D eigenvalue weighted by Gasteiger charge is 2.17. The van der Waals surface area contributed by atoms with Gasteiger partial charge in [0.15, 0.2) is 0 Å². The van der Waals surface area contributed by atoms with Gasteiger partial charge in [-0.05, 0) is 40.6 Å². The minimum atomic E-state index is -0.336.